The van der Waals surface area contributed by atoms with E-state index in [1.807, 2.05) is 0 Å². The molecule has 2 nitrogen and oxygen atoms in total. The molecule has 3 aromatic carbocycles. The van der Waals surface area contributed by atoms with E-state index in [-0.39, 0.29) is 17.2 Å². The average Bonchev–Trinajstić information content (AvgIpc) is 2.82. The zero-order chi connectivity index (χ0) is 23.3. The molecule has 172 valence electrons. The van der Waals surface area contributed by atoms with E-state index in [0.29, 0.717) is 6.61 Å². The average molecular weight is 457 g/mol. The molecule has 0 aliphatic carbocycles. The van der Waals surface area contributed by atoms with E-state index in [0.717, 1.165) is 19.3 Å². The molecular weight excluding hydrogens is 420 g/mol. The van der Waals surface area contributed by atoms with Gasteiger partial charge in [0.2, 0.25) is 0 Å². The Morgan fingerprint density at radius 1 is 0.818 bits per heavy atom. The summed E-state index contributed by atoms with van der Waals surface area (Å²) < 4.78 is 13.6. The highest BCUT2D eigenvalue weighted by Crippen LogP contribution is 2.38. The first-order valence-corrected chi connectivity index (χ1v) is 13.9. The van der Waals surface area contributed by atoms with Crippen molar-refractivity contribution in [3.05, 3.63) is 109 Å². The van der Waals surface area contributed by atoms with Gasteiger partial charge in [0, 0.05) is 6.61 Å². The Morgan fingerprint density at radius 3 is 1.85 bits per heavy atom. The lowest BCUT2D eigenvalue weighted by molar-refractivity contribution is -0.0415. The molecule has 0 radical (unpaired) electrons. The van der Waals surface area contributed by atoms with E-state index < -0.39 is 8.32 Å². The highest BCUT2D eigenvalue weighted by atomic mass is 28.4. The minimum Gasteiger partial charge on any atom is -0.407 e. The summed E-state index contributed by atoms with van der Waals surface area (Å²) in [5.41, 5.74) is 2.50. The van der Waals surface area contributed by atoms with Gasteiger partial charge in [0.25, 0.3) is 8.32 Å². The molecule has 4 rings (SSSR count). The van der Waals surface area contributed by atoms with Gasteiger partial charge in [0.05, 0.1) is 12.2 Å². The Kier molecular flexibility index (Phi) is 7.33. The maximum absolute atomic E-state index is 7.07. The second-order valence-electron chi connectivity index (χ2n) is 10.1. The van der Waals surface area contributed by atoms with Crippen molar-refractivity contribution in [1.29, 1.82) is 0 Å². The van der Waals surface area contributed by atoms with Crippen LogP contribution in [0.4, 0.5) is 0 Å². The van der Waals surface area contributed by atoms with Crippen LogP contribution in [0.25, 0.3) is 0 Å². The second kappa shape index (κ2) is 10.2. The van der Waals surface area contributed by atoms with Crippen molar-refractivity contribution in [3.8, 4) is 0 Å². The molecule has 33 heavy (non-hydrogen) atoms. The smallest absolute Gasteiger partial charge is 0.261 e. The first-order chi connectivity index (χ1) is 15.9. The van der Waals surface area contributed by atoms with Gasteiger partial charge >= 0.3 is 0 Å². The van der Waals surface area contributed by atoms with Crippen molar-refractivity contribution < 1.29 is 9.16 Å². The molecule has 2 atom stereocenters. The predicted octanol–water partition coefficient (Wildman–Crippen LogP) is 6.43. The van der Waals surface area contributed by atoms with E-state index in [4.69, 9.17) is 9.16 Å². The van der Waals surface area contributed by atoms with Crippen LogP contribution >= 0.6 is 0 Å². The molecule has 0 N–H and O–H groups in total. The largest absolute Gasteiger partial charge is 0.407 e. The molecule has 0 amide bonds. The first-order valence-electron chi connectivity index (χ1n) is 12.0. The quantitative estimate of drug-likeness (QED) is 0.301. The van der Waals surface area contributed by atoms with Crippen molar-refractivity contribution in [3.63, 3.8) is 0 Å². The van der Waals surface area contributed by atoms with Crippen LogP contribution in [-0.2, 0) is 9.16 Å². The van der Waals surface area contributed by atoms with E-state index in [2.05, 4.69) is 118 Å². The third-order valence-corrected chi connectivity index (χ3v) is 11.7. The predicted molar refractivity (Wildman–Crippen MR) is 141 cm³/mol. The minimum absolute atomic E-state index is 0.0146. The number of ether oxygens (including phenoxy) is 1. The lowest BCUT2D eigenvalue weighted by atomic mass is 9.94. The van der Waals surface area contributed by atoms with E-state index in [1.165, 1.54) is 21.5 Å². The number of rotatable bonds is 7. The van der Waals surface area contributed by atoms with Crippen LogP contribution in [-0.4, -0.2) is 21.0 Å². The Labute approximate surface area is 200 Å². The zero-order valence-electron chi connectivity index (χ0n) is 20.2. The third-order valence-electron chi connectivity index (χ3n) is 6.69. The van der Waals surface area contributed by atoms with Crippen molar-refractivity contribution in [2.45, 2.75) is 57.3 Å². The molecule has 1 saturated heterocycles. The maximum Gasteiger partial charge on any atom is 0.261 e. The molecule has 1 aliphatic heterocycles. The Hall–Kier alpha value is -2.46. The Bertz CT molecular complexity index is 986. The van der Waals surface area contributed by atoms with Crippen molar-refractivity contribution in [2.75, 3.05) is 6.61 Å². The summed E-state index contributed by atoms with van der Waals surface area (Å²) in [4.78, 5) is 0. The molecular formula is C30H36O2Si. The zero-order valence-corrected chi connectivity index (χ0v) is 21.2. The molecule has 1 fully saturated rings. The molecule has 3 heteroatoms. The number of hydrogen-bond acceptors (Lipinski definition) is 2. The van der Waals surface area contributed by atoms with E-state index in [1.54, 1.807) is 0 Å². The Morgan fingerprint density at radius 2 is 1.33 bits per heavy atom. The van der Waals surface area contributed by atoms with Gasteiger partial charge in [-0.05, 0) is 40.2 Å². The molecule has 1 aliphatic rings. The third kappa shape index (κ3) is 5.21. The molecule has 0 aromatic heterocycles. The van der Waals surface area contributed by atoms with Crippen LogP contribution in [0.3, 0.4) is 0 Å². The van der Waals surface area contributed by atoms with Crippen LogP contribution in [0.2, 0.25) is 5.04 Å². The monoisotopic (exact) mass is 456 g/mol. The van der Waals surface area contributed by atoms with Gasteiger partial charge in [-0.3, -0.25) is 0 Å². The van der Waals surface area contributed by atoms with E-state index >= 15 is 0 Å². The fourth-order valence-corrected chi connectivity index (χ4v) is 9.71. The van der Waals surface area contributed by atoms with Crippen LogP contribution in [0.5, 0.6) is 0 Å². The van der Waals surface area contributed by atoms with Crippen molar-refractivity contribution >= 4 is 18.7 Å². The summed E-state index contributed by atoms with van der Waals surface area (Å²) in [6.07, 6.45) is 2.90. The SMILES string of the molecule is C=C1C[C@H](CCO[Si](c2ccccc2)(c2ccccc2)C(C)(C)C)O[C@H](c2ccccc2)C1. The fraction of sp³-hybridized carbons (Fsp3) is 0.333. The van der Waals surface area contributed by atoms with E-state index in [9.17, 15) is 0 Å². The topological polar surface area (TPSA) is 18.5 Å². The number of benzene rings is 3. The Balaban J connectivity index is 1.56. The molecule has 0 unspecified atom stereocenters. The number of hydrogen-bond donors (Lipinski definition) is 0. The van der Waals surface area contributed by atoms with Crippen LogP contribution in [0.1, 0.15) is 51.7 Å². The summed E-state index contributed by atoms with van der Waals surface area (Å²) in [5, 5.41) is 2.62. The molecule has 3 aromatic rings. The van der Waals surface area contributed by atoms with Crippen molar-refractivity contribution in [1.82, 2.24) is 0 Å². The van der Waals surface area contributed by atoms with Crippen LogP contribution in [0.15, 0.2) is 103 Å². The summed E-state index contributed by atoms with van der Waals surface area (Å²) in [6.45, 7) is 12.0. The summed E-state index contributed by atoms with van der Waals surface area (Å²) in [6, 6.07) is 32.2. The maximum atomic E-state index is 7.07. The highest BCUT2D eigenvalue weighted by Gasteiger charge is 2.50. The van der Waals surface area contributed by atoms with Gasteiger partial charge in [-0.1, -0.05) is 124 Å². The van der Waals surface area contributed by atoms with Crippen LogP contribution in [0, 0.1) is 0 Å². The van der Waals surface area contributed by atoms with Gasteiger partial charge < -0.3 is 9.16 Å². The summed E-state index contributed by atoms with van der Waals surface area (Å²) >= 11 is 0. The summed E-state index contributed by atoms with van der Waals surface area (Å²) in [7, 11) is -2.51. The molecule has 0 spiro atoms. The van der Waals surface area contributed by atoms with Gasteiger partial charge in [-0.2, -0.15) is 0 Å². The minimum atomic E-state index is -2.51. The first kappa shape index (κ1) is 23.7. The lowest BCUT2D eigenvalue weighted by Gasteiger charge is -2.43. The van der Waals surface area contributed by atoms with Crippen molar-refractivity contribution in [2.24, 2.45) is 0 Å². The fourth-order valence-electron chi connectivity index (χ4n) is 5.14. The molecule has 0 bridgehead atoms. The second-order valence-corrected chi connectivity index (χ2v) is 14.4. The van der Waals surface area contributed by atoms with Gasteiger partial charge in [0.15, 0.2) is 0 Å². The highest BCUT2D eigenvalue weighted by molar-refractivity contribution is 6.99. The van der Waals surface area contributed by atoms with Gasteiger partial charge in [-0.15, -0.1) is 0 Å². The standard InChI is InChI=1S/C30H36O2Si/c1-24-22-26(32-29(23-24)25-14-8-5-9-15-25)20-21-31-33(30(2,3)4,27-16-10-6-11-17-27)28-18-12-7-13-19-28/h5-19,26,29H,1,20-23H2,2-4H3/t26-,29-/m0/s1. The van der Waals surface area contributed by atoms with Gasteiger partial charge in [0.1, 0.15) is 0 Å². The van der Waals surface area contributed by atoms with Gasteiger partial charge in [-0.25, -0.2) is 0 Å². The van der Waals surface area contributed by atoms with Crippen LogP contribution < -0.4 is 10.4 Å². The normalized spacial score (nSPS) is 19.4. The summed E-state index contributed by atoms with van der Waals surface area (Å²) in [5.74, 6) is 0. The molecule has 1 heterocycles. The molecule has 0 saturated carbocycles. The lowest BCUT2D eigenvalue weighted by Crippen LogP contribution is -2.66.